The minimum atomic E-state index is -1.62. The molecule has 0 spiro atoms. The van der Waals surface area contributed by atoms with Crippen molar-refractivity contribution >= 4 is 0 Å². The van der Waals surface area contributed by atoms with E-state index in [2.05, 4.69) is 0 Å². The van der Waals surface area contributed by atoms with E-state index in [1.54, 1.807) is 0 Å². The van der Waals surface area contributed by atoms with E-state index in [1.165, 1.54) is 7.11 Å². The Morgan fingerprint density at radius 2 is 2.00 bits per heavy atom. The molecule has 6 nitrogen and oxygen atoms in total. The summed E-state index contributed by atoms with van der Waals surface area (Å²) in [4.78, 5) is 0. The molecule has 1 saturated heterocycles. The molecule has 0 aromatic carbocycles. The summed E-state index contributed by atoms with van der Waals surface area (Å²) in [7, 11) is 1.24. The Kier molecular flexibility index (Phi) is 3.23. The summed E-state index contributed by atoms with van der Waals surface area (Å²) in [6.07, 6.45) is -3.54. The number of aliphatic hydroxyl groups excluding tert-OH is 4. The van der Waals surface area contributed by atoms with Gasteiger partial charge in [-0.05, 0) is 0 Å². The molecule has 0 aliphatic carbocycles. The highest BCUT2D eigenvalue weighted by Gasteiger charge is 2.54. The summed E-state index contributed by atoms with van der Waals surface area (Å²) in [5, 5.41) is 36.4. The van der Waals surface area contributed by atoms with Crippen LogP contribution >= 0.6 is 0 Å². The van der Waals surface area contributed by atoms with Crippen molar-refractivity contribution in [2.75, 3.05) is 20.3 Å². The fourth-order valence-corrected chi connectivity index (χ4v) is 1.37. The molecule has 0 aromatic rings. The Labute approximate surface area is 75.3 Å². The lowest BCUT2D eigenvalue weighted by Crippen LogP contribution is -2.47. The Morgan fingerprint density at radius 3 is 2.23 bits per heavy atom. The Hall–Kier alpha value is -0.240. The molecular formula is C7H14O6. The monoisotopic (exact) mass is 194 g/mol. The highest BCUT2D eigenvalue weighted by molar-refractivity contribution is 4.95. The molecule has 6 heteroatoms. The SMILES string of the molecule is CO[C@@]1(CO)O[C@H](CO)[C@H](O)[C@@H]1O. The van der Waals surface area contributed by atoms with E-state index in [0.29, 0.717) is 0 Å². The van der Waals surface area contributed by atoms with Gasteiger partial charge in [0.15, 0.2) is 0 Å². The number of methoxy groups -OCH3 is 1. The first-order valence-corrected chi connectivity index (χ1v) is 3.92. The molecule has 0 aromatic heterocycles. The van der Waals surface area contributed by atoms with Crippen LogP contribution in [0.25, 0.3) is 0 Å². The quantitative estimate of drug-likeness (QED) is 0.394. The van der Waals surface area contributed by atoms with E-state index in [1.807, 2.05) is 0 Å². The third kappa shape index (κ3) is 1.56. The zero-order valence-corrected chi connectivity index (χ0v) is 7.25. The lowest BCUT2D eigenvalue weighted by atomic mass is 10.1. The van der Waals surface area contributed by atoms with Gasteiger partial charge in [0.2, 0.25) is 5.79 Å². The van der Waals surface area contributed by atoms with Crippen LogP contribution in [0.4, 0.5) is 0 Å². The second-order valence-electron chi connectivity index (χ2n) is 2.95. The zero-order chi connectivity index (χ0) is 10.1. The van der Waals surface area contributed by atoms with Crippen LogP contribution in [0.1, 0.15) is 0 Å². The van der Waals surface area contributed by atoms with Gasteiger partial charge < -0.3 is 29.9 Å². The summed E-state index contributed by atoms with van der Waals surface area (Å²) in [5.41, 5.74) is 0. The van der Waals surface area contributed by atoms with E-state index in [9.17, 15) is 10.2 Å². The van der Waals surface area contributed by atoms with Crippen LogP contribution in [0.2, 0.25) is 0 Å². The maximum atomic E-state index is 9.44. The first-order chi connectivity index (χ1) is 6.11. The van der Waals surface area contributed by atoms with Crippen molar-refractivity contribution in [1.29, 1.82) is 0 Å². The average molecular weight is 194 g/mol. The number of aliphatic hydroxyl groups is 4. The summed E-state index contributed by atoms with van der Waals surface area (Å²) in [6, 6.07) is 0. The van der Waals surface area contributed by atoms with Crippen molar-refractivity contribution in [3.63, 3.8) is 0 Å². The molecule has 0 bridgehead atoms. The van der Waals surface area contributed by atoms with Crippen molar-refractivity contribution in [2.24, 2.45) is 0 Å². The molecular weight excluding hydrogens is 180 g/mol. The van der Waals surface area contributed by atoms with Gasteiger partial charge in [-0.25, -0.2) is 0 Å². The molecule has 4 atom stereocenters. The van der Waals surface area contributed by atoms with Crippen molar-refractivity contribution in [3.8, 4) is 0 Å². The standard InChI is InChI=1S/C7H14O6/c1-12-7(3-9)6(11)5(10)4(2-8)13-7/h4-6,8-11H,2-3H2,1H3/t4-,5+,6+,7+/m1/s1. The third-order valence-electron chi connectivity index (χ3n) is 2.25. The lowest BCUT2D eigenvalue weighted by Gasteiger charge is -2.27. The molecule has 1 fully saturated rings. The number of rotatable bonds is 3. The normalized spacial score (nSPS) is 45.5. The Balaban J connectivity index is 2.79. The molecule has 0 saturated carbocycles. The first kappa shape index (κ1) is 10.8. The highest BCUT2D eigenvalue weighted by atomic mass is 16.7. The van der Waals surface area contributed by atoms with E-state index >= 15 is 0 Å². The molecule has 4 N–H and O–H groups in total. The van der Waals surface area contributed by atoms with Crippen LogP contribution in [-0.4, -0.2) is 64.8 Å². The van der Waals surface area contributed by atoms with E-state index in [4.69, 9.17) is 19.7 Å². The summed E-state index contributed by atoms with van der Waals surface area (Å²) < 4.78 is 9.77. The second-order valence-corrected chi connectivity index (χ2v) is 2.95. The molecule has 0 amide bonds. The maximum absolute atomic E-state index is 9.44. The molecule has 13 heavy (non-hydrogen) atoms. The fourth-order valence-electron chi connectivity index (χ4n) is 1.37. The van der Waals surface area contributed by atoms with Gasteiger partial charge in [0.1, 0.15) is 24.9 Å². The number of hydrogen-bond donors (Lipinski definition) is 4. The third-order valence-corrected chi connectivity index (χ3v) is 2.25. The summed E-state index contributed by atoms with van der Waals surface area (Å²) in [5.74, 6) is -1.62. The zero-order valence-electron chi connectivity index (χ0n) is 7.25. The maximum Gasteiger partial charge on any atom is 0.221 e. The minimum absolute atomic E-state index is 0.441. The predicted molar refractivity (Wildman–Crippen MR) is 40.8 cm³/mol. The van der Waals surface area contributed by atoms with E-state index in [-0.39, 0.29) is 0 Å². The van der Waals surface area contributed by atoms with Crippen molar-refractivity contribution in [3.05, 3.63) is 0 Å². The molecule has 78 valence electrons. The average Bonchev–Trinajstić information content (AvgIpc) is 2.42. The second kappa shape index (κ2) is 3.87. The van der Waals surface area contributed by atoms with Crippen LogP contribution in [0, 0.1) is 0 Å². The molecule has 0 unspecified atom stereocenters. The number of ether oxygens (including phenoxy) is 2. The van der Waals surface area contributed by atoms with Crippen LogP contribution in [0.15, 0.2) is 0 Å². The smallest absolute Gasteiger partial charge is 0.221 e. The highest BCUT2D eigenvalue weighted by Crippen LogP contribution is 2.31. The van der Waals surface area contributed by atoms with Crippen LogP contribution in [0.3, 0.4) is 0 Å². The van der Waals surface area contributed by atoms with Gasteiger partial charge in [0.25, 0.3) is 0 Å². The predicted octanol–water partition coefficient (Wildman–Crippen LogP) is -2.57. The fraction of sp³-hybridized carbons (Fsp3) is 1.00. The molecule has 1 heterocycles. The van der Waals surface area contributed by atoms with Gasteiger partial charge in [-0.15, -0.1) is 0 Å². The van der Waals surface area contributed by atoms with E-state index in [0.717, 1.165) is 0 Å². The van der Waals surface area contributed by atoms with Gasteiger partial charge in [-0.1, -0.05) is 0 Å². The Morgan fingerprint density at radius 1 is 1.38 bits per heavy atom. The summed E-state index contributed by atoms with van der Waals surface area (Å²) >= 11 is 0. The van der Waals surface area contributed by atoms with Gasteiger partial charge in [-0.3, -0.25) is 0 Å². The molecule has 1 aliphatic heterocycles. The lowest BCUT2D eigenvalue weighted by molar-refractivity contribution is -0.263. The van der Waals surface area contributed by atoms with Crippen molar-refractivity contribution in [2.45, 2.75) is 24.1 Å². The van der Waals surface area contributed by atoms with Gasteiger partial charge in [-0.2, -0.15) is 0 Å². The van der Waals surface area contributed by atoms with Gasteiger partial charge in [0.05, 0.1) is 6.61 Å². The van der Waals surface area contributed by atoms with E-state index < -0.39 is 37.3 Å². The summed E-state index contributed by atoms with van der Waals surface area (Å²) in [6.45, 7) is -1.03. The first-order valence-electron chi connectivity index (χ1n) is 3.92. The van der Waals surface area contributed by atoms with Crippen LogP contribution < -0.4 is 0 Å². The number of hydrogen-bond acceptors (Lipinski definition) is 6. The Bertz CT molecular complexity index is 168. The largest absolute Gasteiger partial charge is 0.394 e. The topological polar surface area (TPSA) is 99.4 Å². The minimum Gasteiger partial charge on any atom is -0.394 e. The molecule has 1 aliphatic rings. The van der Waals surface area contributed by atoms with Crippen molar-refractivity contribution < 1.29 is 29.9 Å². The molecule has 0 radical (unpaired) electrons. The van der Waals surface area contributed by atoms with Gasteiger partial charge in [0, 0.05) is 7.11 Å². The molecule has 1 rings (SSSR count). The van der Waals surface area contributed by atoms with Gasteiger partial charge >= 0.3 is 0 Å². The van der Waals surface area contributed by atoms with Crippen LogP contribution in [-0.2, 0) is 9.47 Å². The van der Waals surface area contributed by atoms with Crippen LogP contribution in [0.5, 0.6) is 0 Å². The van der Waals surface area contributed by atoms with Crippen molar-refractivity contribution in [1.82, 2.24) is 0 Å².